The lowest BCUT2D eigenvalue weighted by molar-refractivity contribution is 0.297. The molecule has 0 atom stereocenters. The lowest BCUT2D eigenvalue weighted by Gasteiger charge is -2.18. The smallest absolute Gasteiger partial charge is 0.0659 e. The van der Waals surface area contributed by atoms with Gasteiger partial charge < -0.3 is 10.2 Å². The molecule has 1 aromatic heterocycles. The highest BCUT2D eigenvalue weighted by Gasteiger charge is 2.27. The molecule has 0 radical (unpaired) electrons. The minimum atomic E-state index is 0. The first-order valence-electron chi connectivity index (χ1n) is 8.67. The van der Waals surface area contributed by atoms with E-state index in [2.05, 4.69) is 48.7 Å². The second-order valence-electron chi connectivity index (χ2n) is 6.43. The summed E-state index contributed by atoms with van der Waals surface area (Å²) in [7, 11) is 0. The largest absolute Gasteiger partial charge is 0.311 e. The molecule has 1 aliphatic rings. The molecule has 6 heteroatoms. The molecule has 4 nitrogen and oxygen atoms in total. The molecule has 0 bridgehead atoms. The van der Waals surface area contributed by atoms with Gasteiger partial charge in [-0.05, 0) is 65.4 Å². The van der Waals surface area contributed by atoms with Crippen molar-refractivity contribution in [3.05, 3.63) is 17.5 Å². The monoisotopic (exact) mass is 364 g/mol. The standard InChI is InChI=1S/C17H32N4.2ClH/c1-5-20(6-2)11-7-10-18-13-16-12-17(15-8-9-15)19-21(16)14(3)4;;/h12,14-15,18H,5-11,13H2,1-4H3;2*1H. The Hall–Kier alpha value is -0.290. The maximum Gasteiger partial charge on any atom is 0.0659 e. The van der Waals surface area contributed by atoms with Gasteiger partial charge in [0, 0.05) is 18.5 Å². The minimum absolute atomic E-state index is 0. The summed E-state index contributed by atoms with van der Waals surface area (Å²) in [5.74, 6) is 0.742. The van der Waals surface area contributed by atoms with Gasteiger partial charge in [0.2, 0.25) is 0 Å². The summed E-state index contributed by atoms with van der Waals surface area (Å²) in [6.45, 7) is 14.4. The van der Waals surface area contributed by atoms with E-state index in [9.17, 15) is 0 Å². The van der Waals surface area contributed by atoms with Crippen LogP contribution in [-0.2, 0) is 6.54 Å². The molecule has 1 heterocycles. The summed E-state index contributed by atoms with van der Waals surface area (Å²) in [6.07, 6.45) is 3.87. The van der Waals surface area contributed by atoms with E-state index in [1.165, 1.54) is 37.2 Å². The van der Waals surface area contributed by atoms with Gasteiger partial charge in [0.25, 0.3) is 0 Å². The van der Waals surface area contributed by atoms with E-state index < -0.39 is 0 Å². The molecule has 0 aliphatic heterocycles. The van der Waals surface area contributed by atoms with Crippen LogP contribution >= 0.6 is 24.8 Å². The van der Waals surface area contributed by atoms with Crippen LogP contribution in [0.3, 0.4) is 0 Å². The molecular weight excluding hydrogens is 331 g/mol. The van der Waals surface area contributed by atoms with Crippen molar-refractivity contribution < 1.29 is 0 Å². The Morgan fingerprint density at radius 3 is 2.43 bits per heavy atom. The van der Waals surface area contributed by atoms with Gasteiger partial charge >= 0.3 is 0 Å². The topological polar surface area (TPSA) is 33.1 Å². The zero-order valence-corrected chi connectivity index (χ0v) is 16.7. The highest BCUT2D eigenvalue weighted by Crippen LogP contribution is 2.39. The lowest BCUT2D eigenvalue weighted by atomic mass is 10.2. The number of hydrogen-bond acceptors (Lipinski definition) is 3. The van der Waals surface area contributed by atoms with E-state index in [1.807, 2.05) is 0 Å². The predicted octanol–water partition coefficient (Wildman–Crippen LogP) is 4.01. The Kier molecular flexibility index (Phi) is 11.2. The summed E-state index contributed by atoms with van der Waals surface area (Å²) in [5, 5.41) is 8.38. The molecule has 2 rings (SSSR count). The summed E-state index contributed by atoms with van der Waals surface area (Å²) in [6, 6.07) is 2.76. The summed E-state index contributed by atoms with van der Waals surface area (Å²) in [5.41, 5.74) is 2.65. The van der Waals surface area contributed by atoms with Crippen molar-refractivity contribution >= 4 is 24.8 Å². The molecule has 1 N–H and O–H groups in total. The van der Waals surface area contributed by atoms with Crippen molar-refractivity contribution in [3.63, 3.8) is 0 Å². The normalized spacial score (nSPS) is 14.0. The van der Waals surface area contributed by atoms with Gasteiger partial charge in [0.1, 0.15) is 0 Å². The second kappa shape index (κ2) is 11.3. The SMILES string of the molecule is CCN(CC)CCCNCc1cc(C2CC2)nn1C(C)C.Cl.Cl. The maximum absolute atomic E-state index is 4.79. The summed E-state index contributed by atoms with van der Waals surface area (Å²) in [4.78, 5) is 2.48. The van der Waals surface area contributed by atoms with Crippen molar-refractivity contribution in [2.24, 2.45) is 0 Å². The Bertz CT molecular complexity index is 426. The van der Waals surface area contributed by atoms with Crippen LogP contribution in [0.4, 0.5) is 0 Å². The van der Waals surface area contributed by atoms with Crippen molar-refractivity contribution in [3.8, 4) is 0 Å². The highest BCUT2D eigenvalue weighted by molar-refractivity contribution is 5.85. The summed E-state index contributed by atoms with van der Waals surface area (Å²) >= 11 is 0. The third-order valence-corrected chi connectivity index (χ3v) is 4.35. The predicted molar refractivity (Wildman–Crippen MR) is 103 cm³/mol. The lowest BCUT2D eigenvalue weighted by Crippen LogP contribution is -2.27. The van der Waals surface area contributed by atoms with Gasteiger partial charge in [0.05, 0.1) is 11.4 Å². The zero-order valence-electron chi connectivity index (χ0n) is 15.0. The average Bonchev–Trinajstić information content (AvgIpc) is 3.23. The fraction of sp³-hybridized carbons (Fsp3) is 0.824. The third kappa shape index (κ3) is 7.00. The molecule has 0 amide bonds. The Morgan fingerprint density at radius 2 is 1.91 bits per heavy atom. The average molecular weight is 365 g/mol. The third-order valence-electron chi connectivity index (χ3n) is 4.35. The molecule has 1 aliphatic carbocycles. The van der Waals surface area contributed by atoms with Crippen LogP contribution < -0.4 is 5.32 Å². The van der Waals surface area contributed by atoms with E-state index in [4.69, 9.17) is 5.10 Å². The van der Waals surface area contributed by atoms with Crippen LogP contribution in [0.1, 0.15) is 70.3 Å². The van der Waals surface area contributed by atoms with Crippen molar-refractivity contribution in [2.45, 2.75) is 65.5 Å². The first-order valence-corrected chi connectivity index (χ1v) is 8.67. The maximum atomic E-state index is 4.79. The fourth-order valence-corrected chi connectivity index (χ4v) is 2.80. The molecule has 1 aromatic rings. The molecule has 136 valence electrons. The first-order chi connectivity index (χ1) is 10.2. The van der Waals surface area contributed by atoms with E-state index in [0.717, 1.165) is 32.1 Å². The van der Waals surface area contributed by atoms with Crippen molar-refractivity contribution in [2.75, 3.05) is 26.2 Å². The molecule has 1 fully saturated rings. The number of nitrogens with one attached hydrogen (secondary N) is 1. The summed E-state index contributed by atoms with van der Waals surface area (Å²) < 4.78 is 2.20. The number of hydrogen-bond donors (Lipinski definition) is 1. The first kappa shape index (κ1) is 22.7. The molecule has 0 unspecified atom stereocenters. The number of nitrogens with zero attached hydrogens (tertiary/aromatic N) is 3. The van der Waals surface area contributed by atoms with Crippen LogP contribution in [0.15, 0.2) is 6.07 Å². The van der Waals surface area contributed by atoms with Crippen LogP contribution in [0.2, 0.25) is 0 Å². The Balaban J connectivity index is 0.00000242. The quantitative estimate of drug-likeness (QED) is 0.636. The van der Waals surface area contributed by atoms with Crippen LogP contribution in [0.5, 0.6) is 0 Å². The van der Waals surface area contributed by atoms with Gasteiger partial charge in [-0.15, -0.1) is 24.8 Å². The minimum Gasteiger partial charge on any atom is -0.311 e. The number of halogens is 2. The van der Waals surface area contributed by atoms with E-state index >= 15 is 0 Å². The molecule has 0 spiro atoms. The Morgan fingerprint density at radius 1 is 1.26 bits per heavy atom. The molecule has 0 aromatic carbocycles. The van der Waals surface area contributed by atoms with Crippen LogP contribution in [0.25, 0.3) is 0 Å². The van der Waals surface area contributed by atoms with Gasteiger partial charge in [0.15, 0.2) is 0 Å². The van der Waals surface area contributed by atoms with Crippen molar-refractivity contribution in [1.29, 1.82) is 0 Å². The van der Waals surface area contributed by atoms with Gasteiger partial charge in [-0.25, -0.2) is 0 Å². The Labute approximate surface area is 154 Å². The number of aromatic nitrogens is 2. The van der Waals surface area contributed by atoms with Crippen LogP contribution in [0, 0.1) is 0 Å². The van der Waals surface area contributed by atoms with Gasteiger partial charge in [-0.2, -0.15) is 5.10 Å². The van der Waals surface area contributed by atoms with Crippen molar-refractivity contribution in [1.82, 2.24) is 20.0 Å². The van der Waals surface area contributed by atoms with Gasteiger partial charge in [-0.3, -0.25) is 4.68 Å². The number of rotatable bonds is 10. The van der Waals surface area contributed by atoms with E-state index in [-0.39, 0.29) is 24.8 Å². The van der Waals surface area contributed by atoms with E-state index in [0.29, 0.717) is 6.04 Å². The molecule has 1 saturated carbocycles. The molecular formula is C17H34Cl2N4. The van der Waals surface area contributed by atoms with Crippen LogP contribution in [-0.4, -0.2) is 40.9 Å². The second-order valence-corrected chi connectivity index (χ2v) is 6.43. The molecule has 23 heavy (non-hydrogen) atoms. The molecule has 0 saturated heterocycles. The van der Waals surface area contributed by atoms with E-state index in [1.54, 1.807) is 0 Å². The highest BCUT2D eigenvalue weighted by atomic mass is 35.5. The van der Waals surface area contributed by atoms with Gasteiger partial charge in [-0.1, -0.05) is 13.8 Å². The fourth-order valence-electron chi connectivity index (χ4n) is 2.80. The zero-order chi connectivity index (χ0) is 15.2.